The summed E-state index contributed by atoms with van der Waals surface area (Å²) >= 11 is 0. The molecular weight excluding hydrogens is 416 g/mol. The average molecular weight is 449 g/mol. The molecule has 2 heterocycles. The molecule has 3 atom stereocenters. The van der Waals surface area contributed by atoms with Gasteiger partial charge in [0.2, 0.25) is 5.91 Å². The van der Waals surface area contributed by atoms with Crippen molar-refractivity contribution in [2.45, 2.75) is 64.5 Å². The highest BCUT2D eigenvalue weighted by atomic mass is 16.6. The van der Waals surface area contributed by atoms with Gasteiger partial charge in [0.15, 0.2) is 0 Å². The number of aromatic nitrogens is 1. The van der Waals surface area contributed by atoms with E-state index in [1.165, 1.54) is 0 Å². The predicted molar refractivity (Wildman–Crippen MR) is 125 cm³/mol. The highest BCUT2D eigenvalue weighted by Gasteiger charge is 2.42. The molecule has 174 valence electrons. The van der Waals surface area contributed by atoms with Gasteiger partial charge in [-0.2, -0.15) is 5.26 Å². The molecule has 0 spiro atoms. The quantitative estimate of drug-likeness (QED) is 0.750. The number of likely N-dealkylation sites (tertiary alicyclic amines) is 1. The van der Waals surface area contributed by atoms with Crippen molar-refractivity contribution in [2.24, 2.45) is 11.8 Å². The number of piperidine rings is 1. The van der Waals surface area contributed by atoms with Gasteiger partial charge in [-0.3, -0.25) is 9.78 Å². The first-order chi connectivity index (χ1) is 15.7. The third-order valence-corrected chi connectivity index (χ3v) is 6.37. The van der Waals surface area contributed by atoms with Crippen LogP contribution in [-0.2, 0) is 9.53 Å². The van der Waals surface area contributed by atoms with Crippen LogP contribution in [0.2, 0.25) is 0 Å². The Morgan fingerprint density at radius 2 is 2.00 bits per heavy atom. The molecule has 2 amide bonds. The Hall–Kier alpha value is -3.14. The Kier molecular flexibility index (Phi) is 6.29. The molecule has 1 aromatic heterocycles. The molecule has 1 N–H and O–H groups in total. The number of carbonyl (C=O) groups is 2. The van der Waals surface area contributed by atoms with E-state index in [9.17, 15) is 14.9 Å². The van der Waals surface area contributed by atoms with Crippen LogP contribution in [0.3, 0.4) is 0 Å². The Morgan fingerprint density at radius 1 is 1.24 bits per heavy atom. The molecule has 7 nitrogen and oxygen atoms in total. The van der Waals surface area contributed by atoms with Gasteiger partial charge in [-0.25, -0.2) is 4.79 Å². The van der Waals surface area contributed by atoms with Crippen LogP contribution in [0, 0.1) is 23.2 Å². The van der Waals surface area contributed by atoms with Crippen LogP contribution in [0.1, 0.15) is 64.0 Å². The van der Waals surface area contributed by atoms with Crippen LogP contribution in [0.15, 0.2) is 30.5 Å². The average Bonchev–Trinajstić information content (AvgIpc) is 3.60. The van der Waals surface area contributed by atoms with E-state index in [4.69, 9.17) is 4.74 Å². The maximum Gasteiger partial charge on any atom is 0.408 e. The Morgan fingerprint density at radius 3 is 2.67 bits per heavy atom. The van der Waals surface area contributed by atoms with E-state index >= 15 is 0 Å². The molecule has 2 fully saturated rings. The first kappa shape index (κ1) is 23.0. The first-order valence-electron chi connectivity index (χ1n) is 11.7. The maximum absolute atomic E-state index is 13.6. The number of pyridine rings is 1. The monoisotopic (exact) mass is 448 g/mol. The zero-order valence-corrected chi connectivity index (χ0v) is 19.8. The van der Waals surface area contributed by atoms with E-state index in [-0.39, 0.29) is 17.7 Å². The third kappa shape index (κ3) is 5.27. The number of amides is 2. The zero-order chi connectivity index (χ0) is 23.8. The van der Waals surface area contributed by atoms with Gasteiger partial charge < -0.3 is 15.0 Å². The standard InChI is InChI=1S/C26H32N4O3/c1-16-12-19(20-10-9-18(13-27)22-21(20)6-5-11-28-22)15-30(14-16)24(31)23(17-7-8-17)29-25(32)33-26(2,3)4/h5-6,9-11,16-17,19,23H,7-8,12,14-15H2,1-4H3,(H,29,32)/t16-,19-,23+/m1/s1. The molecule has 2 aliphatic rings. The summed E-state index contributed by atoms with van der Waals surface area (Å²) < 4.78 is 5.41. The summed E-state index contributed by atoms with van der Waals surface area (Å²) in [5.41, 5.74) is 1.76. The minimum atomic E-state index is -0.614. The number of ether oxygens (including phenoxy) is 1. The summed E-state index contributed by atoms with van der Waals surface area (Å²) in [7, 11) is 0. The van der Waals surface area contributed by atoms with E-state index in [0.717, 1.165) is 30.2 Å². The maximum atomic E-state index is 13.6. The van der Waals surface area contributed by atoms with E-state index in [0.29, 0.717) is 30.1 Å². The molecule has 1 aliphatic heterocycles. The van der Waals surface area contributed by atoms with Gasteiger partial charge in [-0.1, -0.05) is 19.1 Å². The Bertz CT molecular complexity index is 1100. The summed E-state index contributed by atoms with van der Waals surface area (Å²) in [5.74, 6) is 0.589. The fourth-order valence-corrected chi connectivity index (χ4v) is 4.84. The van der Waals surface area contributed by atoms with Crippen LogP contribution >= 0.6 is 0 Å². The molecule has 0 radical (unpaired) electrons. The van der Waals surface area contributed by atoms with Crippen molar-refractivity contribution in [3.63, 3.8) is 0 Å². The number of rotatable bonds is 4. The topological polar surface area (TPSA) is 95.3 Å². The van der Waals surface area contributed by atoms with Crippen LogP contribution in [0.5, 0.6) is 0 Å². The summed E-state index contributed by atoms with van der Waals surface area (Å²) in [6.45, 7) is 8.85. The van der Waals surface area contributed by atoms with Crippen molar-refractivity contribution in [1.82, 2.24) is 15.2 Å². The lowest BCUT2D eigenvalue weighted by Gasteiger charge is -2.39. The molecule has 0 unspecified atom stereocenters. The van der Waals surface area contributed by atoms with E-state index in [1.807, 2.05) is 49.9 Å². The SMILES string of the molecule is C[C@@H]1C[C@@H](c2ccc(C#N)c3ncccc23)CN(C(=O)[C@@H](NC(=O)OC(C)(C)C)C2CC2)C1. The number of carbonyl (C=O) groups excluding carboxylic acids is 2. The second-order valence-electron chi connectivity index (χ2n) is 10.5. The van der Waals surface area contributed by atoms with Crippen molar-refractivity contribution in [3.05, 3.63) is 41.6 Å². The fraction of sp³-hybridized carbons (Fsp3) is 0.538. The summed E-state index contributed by atoms with van der Waals surface area (Å²) in [5, 5.41) is 13.3. The number of nitrogens with one attached hydrogen (secondary N) is 1. The smallest absolute Gasteiger partial charge is 0.408 e. The fourth-order valence-electron chi connectivity index (χ4n) is 4.84. The van der Waals surface area contributed by atoms with Gasteiger partial charge >= 0.3 is 6.09 Å². The minimum absolute atomic E-state index is 0.0315. The molecule has 1 saturated carbocycles. The van der Waals surface area contributed by atoms with Crippen molar-refractivity contribution < 1.29 is 14.3 Å². The Balaban J connectivity index is 1.56. The van der Waals surface area contributed by atoms with Crippen LogP contribution in [0.4, 0.5) is 4.79 Å². The van der Waals surface area contributed by atoms with E-state index < -0.39 is 17.7 Å². The number of hydrogen-bond donors (Lipinski definition) is 1. The lowest BCUT2D eigenvalue weighted by Crippen LogP contribution is -2.53. The second-order valence-corrected chi connectivity index (χ2v) is 10.5. The van der Waals surface area contributed by atoms with Crippen molar-refractivity contribution in [3.8, 4) is 6.07 Å². The number of nitriles is 1. The third-order valence-electron chi connectivity index (χ3n) is 6.37. The van der Waals surface area contributed by atoms with Gasteiger partial charge in [-0.05, 0) is 69.6 Å². The molecule has 7 heteroatoms. The Labute approximate surface area is 195 Å². The van der Waals surface area contributed by atoms with Crippen LogP contribution in [-0.4, -0.2) is 46.6 Å². The molecule has 2 aromatic rings. The summed E-state index contributed by atoms with van der Waals surface area (Å²) in [6.07, 6.45) is 3.98. The molecule has 0 bridgehead atoms. The highest BCUT2D eigenvalue weighted by molar-refractivity contribution is 5.88. The van der Waals surface area contributed by atoms with Gasteiger partial charge in [-0.15, -0.1) is 0 Å². The minimum Gasteiger partial charge on any atom is -0.444 e. The van der Waals surface area contributed by atoms with Crippen molar-refractivity contribution >= 4 is 22.9 Å². The normalized spacial score (nSPS) is 21.8. The predicted octanol–water partition coefficient (Wildman–Crippen LogP) is 4.36. The lowest BCUT2D eigenvalue weighted by molar-refractivity contribution is -0.136. The zero-order valence-electron chi connectivity index (χ0n) is 19.8. The number of fused-ring (bicyclic) bond motifs is 1. The number of benzene rings is 1. The van der Waals surface area contributed by atoms with Gasteiger partial charge in [0.1, 0.15) is 17.7 Å². The van der Waals surface area contributed by atoms with Gasteiger partial charge in [0.25, 0.3) is 0 Å². The summed E-state index contributed by atoms with van der Waals surface area (Å²) in [4.78, 5) is 32.3. The first-order valence-corrected chi connectivity index (χ1v) is 11.7. The van der Waals surface area contributed by atoms with Crippen molar-refractivity contribution in [2.75, 3.05) is 13.1 Å². The van der Waals surface area contributed by atoms with Gasteiger partial charge in [0.05, 0.1) is 11.1 Å². The van der Waals surface area contributed by atoms with E-state index in [2.05, 4.69) is 23.3 Å². The van der Waals surface area contributed by atoms with E-state index in [1.54, 1.807) is 6.20 Å². The van der Waals surface area contributed by atoms with Crippen molar-refractivity contribution in [1.29, 1.82) is 5.26 Å². The number of alkyl carbamates (subject to hydrolysis) is 1. The van der Waals surface area contributed by atoms with Gasteiger partial charge in [0, 0.05) is 30.6 Å². The molecular formula is C26H32N4O3. The van der Waals surface area contributed by atoms with Crippen LogP contribution < -0.4 is 5.32 Å². The highest BCUT2D eigenvalue weighted by Crippen LogP contribution is 2.37. The molecule has 1 aromatic carbocycles. The molecule has 33 heavy (non-hydrogen) atoms. The largest absolute Gasteiger partial charge is 0.444 e. The second kappa shape index (κ2) is 9.01. The van der Waals surface area contributed by atoms with Crippen LogP contribution in [0.25, 0.3) is 10.9 Å². The number of hydrogen-bond acceptors (Lipinski definition) is 5. The molecule has 1 saturated heterocycles. The molecule has 4 rings (SSSR count). The lowest BCUT2D eigenvalue weighted by atomic mass is 9.83. The summed E-state index contributed by atoms with van der Waals surface area (Å²) in [6, 6.07) is 9.39. The number of nitrogens with zero attached hydrogens (tertiary/aromatic N) is 3. The molecule has 1 aliphatic carbocycles.